The number of aromatic nitrogens is 4. The molecule has 2 saturated heterocycles. The molecule has 0 unspecified atom stereocenters. The highest BCUT2D eigenvalue weighted by Crippen LogP contribution is 2.31. The lowest BCUT2D eigenvalue weighted by molar-refractivity contribution is 0.102. The van der Waals surface area contributed by atoms with Crippen molar-refractivity contribution in [2.75, 3.05) is 49.5 Å². The molecule has 2 aromatic heterocycles. The maximum atomic E-state index is 14.7. The van der Waals surface area contributed by atoms with Crippen LogP contribution < -0.4 is 20.3 Å². The second kappa shape index (κ2) is 10.4. The second-order valence-corrected chi connectivity index (χ2v) is 10.6. The number of nitrogens with one attached hydrogen (secondary N) is 2. The second-order valence-electron chi connectivity index (χ2n) is 10.6. The average molecular weight is 533 g/mol. The van der Waals surface area contributed by atoms with Crippen LogP contribution in [0.25, 0.3) is 21.8 Å². The molecule has 0 bridgehead atoms. The van der Waals surface area contributed by atoms with E-state index >= 15 is 0 Å². The number of hydrogen-bond acceptors (Lipinski definition) is 8. The van der Waals surface area contributed by atoms with Crippen LogP contribution in [0.3, 0.4) is 0 Å². The number of nitrogens with zero attached hydrogens (tertiary/aromatic N) is 6. The maximum Gasteiger partial charge on any atom is 0.316 e. The number of anilines is 2. The van der Waals surface area contributed by atoms with Gasteiger partial charge in [-0.25, -0.2) is 9.37 Å². The number of fused-ring (bicyclic) bond motifs is 2. The van der Waals surface area contributed by atoms with Crippen molar-refractivity contribution in [3.05, 3.63) is 48.0 Å². The molecule has 0 radical (unpaired) electrons. The Labute approximate surface area is 226 Å². The summed E-state index contributed by atoms with van der Waals surface area (Å²) in [6.07, 6.45) is 4.67. The molecule has 2 atom stereocenters. The molecule has 11 heteroatoms. The predicted octanol–water partition coefficient (Wildman–Crippen LogP) is 3.18. The van der Waals surface area contributed by atoms with Gasteiger partial charge in [0.15, 0.2) is 5.82 Å². The van der Waals surface area contributed by atoms with E-state index in [1.165, 1.54) is 12.5 Å². The van der Waals surface area contributed by atoms with E-state index in [9.17, 15) is 9.18 Å². The first-order chi connectivity index (χ1) is 18.8. The van der Waals surface area contributed by atoms with Crippen LogP contribution in [-0.4, -0.2) is 82.0 Å². The van der Waals surface area contributed by atoms with Gasteiger partial charge in [-0.15, -0.1) is 0 Å². The number of likely N-dealkylation sites (tertiary alicyclic amines) is 1. The molecule has 0 spiro atoms. The zero-order valence-electron chi connectivity index (χ0n) is 22.4. The summed E-state index contributed by atoms with van der Waals surface area (Å²) in [5.74, 6) is -0.882. The van der Waals surface area contributed by atoms with E-state index in [4.69, 9.17) is 9.72 Å². The molecule has 2 N–H and O–H groups in total. The van der Waals surface area contributed by atoms with E-state index in [2.05, 4.69) is 44.4 Å². The highest BCUT2D eigenvalue weighted by Gasteiger charge is 2.25. The number of piperazine rings is 1. The Kier molecular flexibility index (Phi) is 6.78. The molecule has 4 aromatic rings. The smallest absolute Gasteiger partial charge is 0.316 e. The van der Waals surface area contributed by atoms with Crippen molar-refractivity contribution < 1.29 is 13.9 Å². The summed E-state index contributed by atoms with van der Waals surface area (Å²) in [5.41, 5.74) is 2.45. The van der Waals surface area contributed by atoms with Gasteiger partial charge in [-0.05, 0) is 57.6 Å². The van der Waals surface area contributed by atoms with E-state index in [1.54, 1.807) is 36.3 Å². The lowest BCUT2D eigenvalue weighted by Crippen LogP contribution is -2.54. The molecule has 10 nitrogen and oxygen atoms in total. The summed E-state index contributed by atoms with van der Waals surface area (Å²) in [7, 11) is 1.73. The van der Waals surface area contributed by atoms with Gasteiger partial charge in [0.1, 0.15) is 12.1 Å². The Morgan fingerprint density at radius 1 is 1.18 bits per heavy atom. The quantitative estimate of drug-likeness (QED) is 0.375. The molecule has 2 fully saturated rings. The molecule has 6 rings (SSSR count). The van der Waals surface area contributed by atoms with Crippen LogP contribution in [0.4, 0.5) is 15.8 Å². The first-order valence-corrected chi connectivity index (χ1v) is 13.4. The number of halogens is 1. The summed E-state index contributed by atoms with van der Waals surface area (Å²) >= 11 is 0. The Morgan fingerprint density at radius 2 is 1.97 bits per heavy atom. The molecule has 39 heavy (non-hydrogen) atoms. The normalized spacial score (nSPS) is 19.8. The van der Waals surface area contributed by atoms with Gasteiger partial charge in [0.05, 0.1) is 11.1 Å². The van der Waals surface area contributed by atoms with Crippen molar-refractivity contribution in [1.82, 2.24) is 30.0 Å². The number of carbonyl (C=O) groups excluding carboxylic acids is 1. The van der Waals surface area contributed by atoms with Crippen LogP contribution in [0.1, 0.15) is 30.6 Å². The van der Waals surface area contributed by atoms with Gasteiger partial charge in [-0.2, -0.15) is 10.1 Å². The molecular weight excluding hydrogens is 499 g/mol. The van der Waals surface area contributed by atoms with Gasteiger partial charge in [0, 0.05) is 73.3 Å². The standard InChI is InChI=1S/C28H33FN8O2/c1-17-14-37(15-18(2)31-17)24-6-5-21(26-22(24)13-30-28(33-26)39-10-9-36-7-4-8-36)27(38)32-20-11-19-16-35(3)34-25(19)23(29)12-20/h5-6,11-13,16-18,31H,4,7-10,14-15H2,1-3H3,(H,32,38)/t17-,18+. The number of ether oxygens (including phenoxy) is 1. The van der Waals surface area contributed by atoms with Crippen molar-refractivity contribution in [3.8, 4) is 6.01 Å². The Morgan fingerprint density at radius 3 is 2.72 bits per heavy atom. The van der Waals surface area contributed by atoms with Crippen molar-refractivity contribution >= 4 is 39.1 Å². The zero-order chi connectivity index (χ0) is 27.1. The minimum Gasteiger partial charge on any atom is -0.462 e. The van der Waals surface area contributed by atoms with E-state index in [0.717, 1.165) is 43.8 Å². The molecule has 2 aromatic carbocycles. The number of aryl methyl sites for hydroxylation is 1. The van der Waals surface area contributed by atoms with Crippen LogP contribution in [-0.2, 0) is 7.05 Å². The predicted molar refractivity (Wildman–Crippen MR) is 149 cm³/mol. The summed E-state index contributed by atoms with van der Waals surface area (Å²) in [6, 6.07) is 7.58. The van der Waals surface area contributed by atoms with Crippen molar-refractivity contribution in [2.24, 2.45) is 7.05 Å². The fourth-order valence-electron chi connectivity index (χ4n) is 5.50. The molecule has 0 saturated carbocycles. The molecule has 204 valence electrons. The Balaban J connectivity index is 1.34. The third-order valence-electron chi connectivity index (χ3n) is 7.37. The molecule has 1 amide bonds. The van der Waals surface area contributed by atoms with Gasteiger partial charge < -0.3 is 20.3 Å². The van der Waals surface area contributed by atoms with Gasteiger partial charge in [0.25, 0.3) is 5.91 Å². The van der Waals surface area contributed by atoms with Gasteiger partial charge in [-0.1, -0.05) is 0 Å². The monoisotopic (exact) mass is 532 g/mol. The number of amides is 1. The van der Waals surface area contributed by atoms with Gasteiger partial charge in [0.2, 0.25) is 0 Å². The molecular formula is C28H33FN8O2. The first-order valence-electron chi connectivity index (χ1n) is 13.4. The van der Waals surface area contributed by atoms with Crippen LogP contribution in [0.5, 0.6) is 6.01 Å². The topological polar surface area (TPSA) is 100 Å². The first kappa shape index (κ1) is 25.4. The third kappa shape index (κ3) is 5.24. The molecule has 0 aliphatic carbocycles. The fraction of sp³-hybridized carbons (Fsp3) is 0.429. The van der Waals surface area contributed by atoms with E-state index in [1.807, 2.05) is 6.07 Å². The maximum absolute atomic E-state index is 14.7. The summed E-state index contributed by atoms with van der Waals surface area (Å²) in [6.45, 7) is 9.42. The summed E-state index contributed by atoms with van der Waals surface area (Å²) in [5, 5.41) is 11.9. The zero-order valence-corrected chi connectivity index (χ0v) is 22.4. The van der Waals surface area contributed by atoms with Gasteiger partial charge in [-0.3, -0.25) is 14.4 Å². The van der Waals surface area contributed by atoms with Crippen LogP contribution in [0.2, 0.25) is 0 Å². The SMILES string of the molecule is C[C@@H]1CN(c2ccc(C(=O)Nc3cc(F)c4nn(C)cc4c3)c3nc(OCCN4CCC4)ncc23)C[C@H](C)N1. The third-order valence-corrected chi connectivity index (χ3v) is 7.37. The van der Waals surface area contributed by atoms with Crippen LogP contribution in [0.15, 0.2) is 36.7 Å². The molecule has 2 aliphatic rings. The lowest BCUT2D eigenvalue weighted by Gasteiger charge is -2.38. The number of carbonyl (C=O) groups is 1. The van der Waals surface area contributed by atoms with Crippen molar-refractivity contribution in [2.45, 2.75) is 32.4 Å². The van der Waals surface area contributed by atoms with Crippen LogP contribution >= 0.6 is 0 Å². The van der Waals surface area contributed by atoms with E-state index in [-0.39, 0.29) is 17.4 Å². The van der Waals surface area contributed by atoms with Gasteiger partial charge >= 0.3 is 6.01 Å². The Bertz CT molecular complexity index is 1530. The fourth-order valence-corrected chi connectivity index (χ4v) is 5.50. The molecule has 4 heterocycles. The molecule has 2 aliphatic heterocycles. The summed E-state index contributed by atoms with van der Waals surface area (Å²) in [4.78, 5) is 27.3. The highest BCUT2D eigenvalue weighted by atomic mass is 19.1. The summed E-state index contributed by atoms with van der Waals surface area (Å²) < 4.78 is 22.1. The minimum absolute atomic E-state index is 0.235. The Hall–Kier alpha value is -3.83. The largest absolute Gasteiger partial charge is 0.462 e. The minimum atomic E-state index is -0.495. The van der Waals surface area contributed by atoms with Crippen LogP contribution in [0, 0.1) is 5.82 Å². The highest BCUT2D eigenvalue weighted by molar-refractivity contribution is 6.14. The number of benzene rings is 2. The number of rotatable bonds is 7. The van der Waals surface area contributed by atoms with Crippen molar-refractivity contribution in [3.63, 3.8) is 0 Å². The number of hydrogen-bond donors (Lipinski definition) is 2. The van der Waals surface area contributed by atoms with E-state index in [0.29, 0.717) is 40.8 Å². The van der Waals surface area contributed by atoms with E-state index < -0.39 is 5.82 Å². The average Bonchev–Trinajstić information content (AvgIpc) is 3.24. The lowest BCUT2D eigenvalue weighted by atomic mass is 10.0. The van der Waals surface area contributed by atoms with Crippen molar-refractivity contribution in [1.29, 1.82) is 0 Å².